The minimum atomic E-state index is -0.674. The Balaban J connectivity index is 1.72. The van der Waals surface area contributed by atoms with E-state index in [2.05, 4.69) is 21.2 Å². The minimum Gasteiger partial charge on any atom is -0.371 e. The number of carbonyl (C=O) groups is 2. The molecule has 1 heterocycles. The molecular formula is C21H19N5O4. The van der Waals surface area contributed by atoms with Crippen LogP contribution in [0.5, 0.6) is 0 Å². The smallest absolute Gasteiger partial charge is 0.293 e. The quantitative estimate of drug-likeness (QED) is 0.427. The van der Waals surface area contributed by atoms with Crippen molar-refractivity contribution >= 4 is 23.2 Å². The Bertz CT molecular complexity index is 1060. The number of carbonyl (C=O) groups excluding carboxylic acids is 2. The van der Waals surface area contributed by atoms with Crippen LogP contribution in [-0.2, 0) is 0 Å². The van der Waals surface area contributed by atoms with Crippen LogP contribution in [0.4, 0.5) is 11.4 Å². The minimum absolute atomic E-state index is 0.0334. The van der Waals surface area contributed by atoms with E-state index in [4.69, 9.17) is 0 Å². The Morgan fingerprint density at radius 3 is 2.23 bits per heavy atom. The van der Waals surface area contributed by atoms with Crippen LogP contribution in [0.3, 0.4) is 0 Å². The average Bonchev–Trinajstić information content (AvgIpc) is 2.78. The van der Waals surface area contributed by atoms with Gasteiger partial charge in [-0.1, -0.05) is 24.3 Å². The molecule has 0 aliphatic rings. The summed E-state index contributed by atoms with van der Waals surface area (Å²) < 4.78 is 0. The van der Waals surface area contributed by atoms with Crippen LogP contribution in [-0.4, -0.2) is 21.7 Å². The first kappa shape index (κ1) is 20.5. The predicted molar refractivity (Wildman–Crippen MR) is 111 cm³/mol. The van der Waals surface area contributed by atoms with Crippen LogP contribution in [0, 0.1) is 10.1 Å². The van der Waals surface area contributed by atoms with Crippen molar-refractivity contribution in [1.82, 2.24) is 15.8 Å². The zero-order valence-electron chi connectivity index (χ0n) is 16.0. The van der Waals surface area contributed by atoms with Gasteiger partial charge in [-0.05, 0) is 43.3 Å². The number of rotatable bonds is 6. The molecule has 0 aliphatic heterocycles. The molecule has 0 saturated carbocycles. The van der Waals surface area contributed by atoms with Crippen molar-refractivity contribution in [3.8, 4) is 0 Å². The molecule has 0 saturated heterocycles. The monoisotopic (exact) mass is 405 g/mol. The third-order valence-electron chi connectivity index (χ3n) is 4.29. The van der Waals surface area contributed by atoms with E-state index in [9.17, 15) is 19.7 Å². The van der Waals surface area contributed by atoms with Crippen molar-refractivity contribution in [2.45, 2.75) is 13.0 Å². The van der Waals surface area contributed by atoms with Gasteiger partial charge in [0.1, 0.15) is 5.69 Å². The van der Waals surface area contributed by atoms with E-state index >= 15 is 0 Å². The van der Waals surface area contributed by atoms with Crippen LogP contribution >= 0.6 is 0 Å². The van der Waals surface area contributed by atoms with Gasteiger partial charge in [0.05, 0.1) is 16.7 Å². The Hall–Kier alpha value is -4.27. The highest BCUT2D eigenvalue weighted by atomic mass is 16.6. The van der Waals surface area contributed by atoms with Crippen LogP contribution < -0.4 is 16.2 Å². The summed E-state index contributed by atoms with van der Waals surface area (Å²) in [5.41, 5.74) is 5.65. The molecule has 152 valence electrons. The lowest BCUT2D eigenvalue weighted by atomic mass is 10.1. The highest BCUT2D eigenvalue weighted by Crippen LogP contribution is 2.28. The van der Waals surface area contributed by atoms with E-state index in [1.165, 1.54) is 12.1 Å². The summed E-state index contributed by atoms with van der Waals surface area (Å²) in [5, 5.41) is 14.6. The summed E-state index contributed by atoms with van der Waals surface area (Å²) in [7, 11) is 0. The summed E-state index contributed by atoms with van der Waals surface area (Å²) in [4.78, 5) is 39.5. The van der Waals surface area contributed by atoms with Gasteiger partial charge in [-0.3, -0.25) is 35.5 Å². The molecule has 1 atom stereocenters. The highest BCUT2D eigenvalue weighted by Gasteiger charge is 2.20. The Labute approximate surface area is 172 Å². The second-order valence-corrected chi connectivity index (χ2v) is 6.38. The number of hydrazine groups is 1. The molecule has 2 aromatic carbocycles. The molecule has 3 rings (SSSR count). The van der Waals surface area contributed by atoms with Crippen LogP contribution in [0.25, 0.3) is 0 Å². The van der Waals surface area contributed by atoms with Crippen molar-refractivity contribution in [1.29, 1.82) is 0 Å². The zero-order valence-corrected chi connectivity index (χ0v) is 16.0. The van der Waals surface area contributed by atoms with E-state index in [1.54, 1.807) is 48.7 Å². The Morgan fingerprint density at radius 1 is 0.933 bits per heavy atom. The number of nitro benzene ring substituents is 1. The van der Waals surface area contributed by atoms with E-state index in [0.29, 0.717) is 5.56 Å². The molecule has 0 fully saturated rings. The average molecular weight is 405 g/mol. The van der Waals surface area contributed by atoms with E-state index in [-0.39, 0.29) is 23.0 Å². The maximum Gasteiger partial charge on any atom is 0.293 e. The molecule has 2 amide bonds. The standard InChI is InChI=1S/C21H19N5O4/c1-14(17-9-5-6-12-22-17)23-18-11-10-16(13-19(18)26(29)30)21(28)25-24-20(27)15-7-3-2-4-8-15/h2-14,23H,1H3,(H,24,27)(H,25,28). The molecule has 30 heavy (non-hydrogen) atoms. The molecule has 0 aliphatic carbocycles. The number of pyridine rings is 1. The van der Waals surface area contributed by atoms with Gasteiger partial charge in [-0.2, -0.15) is 0 Å². The van der Waals surface area contributed by atoms with Gasteiger partial charge in [-0.25, -0.2) is 0 Å². The largest absolute Gasteiger partial charge is 0.371 e. The summed E-state index contributed by atoms with van der Waals surface area (Å²) >= 11 is 0. The third kappa shape index (κ3) is 4.96. The molecule has 3 aromatic rings. The van der Waals surface area contributed by atoms with E-state index in [1.807, 2.05) is 13.0 Å². The van der Waals surface area contributed by atoms with Crippen LogP contribution in [0.1, 0.15) is 39.4 Å². The summed E-state index contributed by atoms with van der Waals surface area (Å²) in [5.74, 6) is -1.17. The molecule has 0 bridgehead atoms. The van der Waals surface area contributed by atoms with Crippen molar-refractivity contribution in [2.24, 2.45) is 0 Å². The lowest BCUT2D eigenvalue weighted by molar-refractivity contribution is -0.384. The molecule has 1 unspecified atom stereocenters. The number of amides is 2. The third-order valence-corrected chi connectivity index (χ3v) is 4.29. The van der Waals surface area contributed by atoms with E-state index < -0.39 is 16.7 Å². The molecule has 0 spiro atoms. The summed E-state index contributed by atoms with van der Waals surface area (Å²) in [6.07, 6.45) is 1.64. The zero-order chi connectivity index (χ0) is 21.5. The number of nitrogens with zero attached hydrogens (tertiary/aromatic N) is 2. The number of aromatic nitrogens is 1. The number of hydrogen-bond acceptors (Lipinski definition) is 6. The van der Waals surface area contributed by atoms with Gasteiger partial charge in [0, 0.05) is 23.4 Å². The summed E-state index contributed by atoms with van der Waals surface area (Å²) in [6, 6.07) is 17.5. The maximum absolute atomic E-state index is 12.3. The highest BCUT2D eigenvalue weighted by molar-refractivity contribution is 5.99. The second-order valence-electron chi connectivity index (χ2n) is 6.38. The first-order chi connectivity index (χ1) is 14.5. The lowest BCUT2D eigenvalue weighted by Crippen LogP contribution is -2.41. The normalized spacial score (nSPS) is 11.2. The Kier molecular flexibility index (Phi) is 6.33. The maximum atomic E-state index is 12.3. The SMILES string of the molecule is CC(Nc1ccc(C(=O)NNC(=O)c2ccccc2)cc1[N+](=O)[O-])c1ccccn1. The van der Waals surface area contributed by atoms with Crippen molar-refractivity contribution < 1.29 is 14.5 Å². The topological polar surface area (TPSA) is 126 Å². The second kappa shape index (κ2) is 9.28. The van der Waals surface area contributed by atoms with Gasteiger partial charge in [-0.15, -0.1) is 0 Å². The van der Waals surface area contributed by atoms with Crippen LogP contribution in [0.15, 0.2) is 72.9 Å². The molecular weight excluding hydrogens is 386 g/mol. The Morgan fingerprint density at radius 2 is 1.60 bits per heavy atom. The molecule has 0 radical (unpaired) electrons. The number of nitro groups is 1. The first-order valence-electron chi connectivity index (χ1n) is 9.07. The fourth-order valence-electron chi connectivity index (χ4n) is 2.73. The number of anilines is 1. The van der Waals surface area contributed by atoms with Gasteiger partial charge in [0.25, 0.3) is 17.5 Å². The van der Waals surface area contributed by atoms with Crippen molar-refractivity contribution in [2.75, 3.05) is 5.32 Å². The summed E-state index contributed by atoms with van der Waals surface area (Å²) in [6.45, 7) is 1.83. The number of benzene rings is 2. The molecule has 1 aromatic heterocycles. The van der Waals surface area contributed by atoms with Gasteiger partial charge in [0.2, 0.25) is 0 Å². The first-order valence-corrected chi connectivity index (χ1v) is 9.07. The van der Waals surface area contributed by atoms with Gasteiger partial charge in [0.15, 0.2) is 0 Å². The predicted octanol–water partition coefficient (Wildman–Crippen LogP) is 3.24. The molecule has 9 nitrogen and oxygen atoms in total. The van der Waals surface area contributed by atoms with Crippen molar-refractivity contribution in [3.05, 3.63) is 99.9 Å². The van der Waals surface area contributed by atoms with Crippen LogP contribution in [0.2, 0.25) is 0 Å². The molecule has 3 N–H and O–H groups in total. The lowest BCUT2D eigenvalue weighted by Gasteiger charge is -2.15. The van der Waals surface area contributed by atoms with Gasteiger partial charge < -0.3 is 5.32 Å². The van der Waals surface area contributed by atoms with E-state index in [0.717, 1.165) is 11.8 Å². The fraction of sp³-hybridized carbons (Fsp3) is 0.0952. The fourth-order valence-corrected chi connectivity index (χ4v) is 2.73. The van der Waals surface area contributed by atoms with Gasteiger partial charge >= 0.3 is 0 Å². The molecule has 9 heteroatoms. The number of hydrogen-bond donors (Lipinski definition) is 3. The van der Waals surface area contributed by atoms with Crippen molar-refractivity contribution in [3.63, 3.8) is 0 Å². The number of nitrogens with one attached hydrogen (secondary N) is 3.